The minimum Gasteiger partial charge on any atom is -0.492 e. The Balaban J connectivity index is 1.95. The average molecular weight is 373 g/mol. The van der Waals surface area contributed by atoms with Crippen molar-refractivity contribution in [3.63, 3.8) is 0 Å². The maximum absolute atomic E-state index is 13.8. The van der Waals surface area contributed by atoms with E-state index in [4.69, 9.17) is 16.3 Å². The van der Waals surface area contributed by atoms with Crippen molar-refractivity contribution in [2.45, 2.75) is 12.5 Å². The Kier molecular flexibility index (Phi) is 6.03. The first-order valence-corrected chi connectivity index (χ1v) is 7.75. The van der Waals surface area contributed by atoms with Gasteiger partial charge in [-0.05, 0) is 55.4 Å². The number of rotatable bonds is 6. The third kappa shape index (κ3) is 4.99. The molecule has 2 nitrogen and oxygen atoms in total. The van der Waals surface area contributed by atoms with Gasteiger partial charge in [0.2, 0.25) is 0 Å². The molecule has 0 aliphatic carbocycles. The fourth-order valence-corrected chi connectivity index (χ4v) is 2.38. The van der Waals surface area contributed by atoms with E-state index in [1.807, 2.05) is 25.2 Å². The van der Waals surface area contributed by atoms with Gasteiger partial charge in [0.1, 0.15) is 18.2 Å². The summed E-state index contributed by atoms with van der Waals surface area (Å²) in [5.74, 6) is 0.534. The van der Waals surface area contributed by atoms with E-state index in [0.29, 0.717) is 23.6 Å². The number of hydrogen-bond donors (Lipinski definition) is 1. The molecule has 21 heavy (non-hydrogen) atoms. The quantitative estimate of drug-likeness (QED) is 0.809. The Bertz CT molecular complexity index is 591. The molecule has 0 heterocycles. The van der Waals surface area contributed by atoms with Crippen molar-refractivity contribution in [3.05, 3.63) is 63.3 Å². The van der Waals surface area contributed by atoms with E-state index in [1.165, 1.54) is 6.07 Å². The Morgan fingerprint density at radius 3 is 2.57 bits per heavy atom. The molecular weight excluding hydrogens is 357 g/mol. The Labute approximate surface area is 137 Å². The lowest BCUT2D eigenvalue weighted by Gasteiger charge is -2.17. The summed E-state index contributed by atoms with van der Waals surface area (Å²) in [6.07, 6.45) is 0.559. The molecule has 0 aliphatic rings. The molecule has 0 bridgehead atoms. The molecular formula is C16H16BrClFNO. The SMILES string of the molecule is CNC(COc1ccc(Cl)cc1)Cc1ccc(Br)cc1F. The highest BCUT2D eigenvalue weighted by Crippen LogP contribution is 2.18. The molecule has 0 amide bonds. The van der Waals surface area contributed by atoms with Crippen LogP contribution in [0.25, 0.3) is 0 Å². The first-order chi connectivity index (χ1) is 10.1. The van der Waals surface area contributed by atoms with Crippen molar-refractivity contribution < 1.29 is 9.13 Å². The summed E-state index contributed by atoms with van der Waals surface area (Å²) in [7, 11) is 1.84. The van der Waals surface area contributed by atoms with Crippen molar-refractivity contribution in [1.82, 2.24) is 5.32 Å². The number of nitrogens with one attached hydrogen (secondary N) is 1. The van der Waals surface area contributed by atoms with E-state index in [9.17, 15) is 4.39 Å². The lowest BCUT2D eigenvalue weighted by atomic mass is 10.1. The van der Waals surface area contributed by atoms with Crippen molar-refractivity contribution in [2.75, 3.05) is 13.7 Å². The van der Waals surface area contributed by atoms with Gasteiger partial charge in [-0.25, -0.2) is 4.39 Å². The summed E-state index contributed by atoms with van der Waals surface area (Å²) in [5, 5.41) is 3.82. The zero-order chi connectivity index (χ0) is 15.2. The molecule has 0 saturated heterocycles. The molecule has 1 atom stereocenters. The number of benzene rings is 2. The maximum atomic E-state index is 13.8. The predicted octanol–water partition coefficient (Wildman–Crippen LogP) is 4.45. The molecule has 2 rings (SSSR count). The summed E-state index contributed by atoms with van der Waals surface area (Å²) in [5.41, 5.74) is 0.664. The van der Waals surface area contributed by atoms with Crippen LogP contribution in [0.15, 0.2) is 46.9 Å². The van der Waals surface area contributed by atoms with Crippen LogP contribution in [0.4, 0.5) is 4.39 Å². The fraction of sp³-hybridized carbons (Fsp3) is 0.250. The van der Waals surface area contributed by atoms with E-state index in [-0.39, 0.29) is 11.9 Å². The Hall–Kier alpha value is -1.10. The summed E-state index contributed by atoms with van der Waals surface area (Å²) >= 11 is 9.08. The van der Waals surface area contributed by atoms with Crippen LogP contribution in [-0.4, -0.2) is 19.7 Å². The molecule has 112 valence electrons. The van der Waals surface area contributed by atoms with Crippen LogP contribution in [0.5, 0.6) is 5.75 Å². The molecule has 5 heteroatoms. The second-order valence-corrected chi connectivity index (χ2v) is 6.04. The van der Waals surface area contributed by atoms with Crippen LogP contribution in [0.1, 0.15) is 5.56 Å². The van der Waals surface area contributed by atoms with Crippen molar-refractivity contribution in [3.8, 4) is 5.75 Å². The maximum Gasteiger partial charge on any atom is 0.127 e. The van der Waals surface area contributed by atoms with Crippen LogP contribution in [-0.2, 0) is 6.42 Å². The summed E-state index contributed by atoms with van der Waals surface area (Å²) < 4.78 is 20.3. The largest absolute Gasteiger partial charge is 0.492 e. The van der Waals surface area contributed by atoms with E-state index >= 15 is 0 Å². The van der Waals surface area contributed by atoms with Gasteiger partial charge in [0.25, 0.3) is 0 Å². The molecule has 0 aliphatic heterocycles. The second kappa shape index (κ2) is 7.78. The smallest absolute Gasteiger partial charge is 0.127 e. The lowest BCUT2D eigenvalue weighted by Crippen LogP contribution is -2.34. The lowest BCUT2D eigenvalue weighted by molar-refractivity contribution is 0.269. The summed E-state index contributed by atoms with van der Waals surface area (Å²) in [4.78, 5) is 0. The third-order valence-electron chi connectivity index (χ3n) is 3.15. The predicted molar refractivity (Wildman–Crippen MR) is 87.6 cm³/mol. The molecule has 2 aromatic rings. The Morgan fingerprint density at radius 2 is 1.95 bits per heavy atom. The van der Waals surface area contributed by atoms with Gasteiger partial charge in [0.05, 0.1) is 0 Å². The third-order valence-corrected chi connectivity index (χ3v) is 3.90. The summed E-state index contributed by atoms with van der Waals surface area (Å²) in [6, 6.07) is 12.3. The molecule has 0 spiro atoms. The second-order valence-electron chi connectivity index (χ2n) is 4.69. The van der Waals surface area contributed by atoms with Gasteiger partial charge < -0.3 is 10.1 Å². The fourth-order valence-electron chi connectivity index (χ4n) is 1.92. The van der Waals surface area contributed by atoms with Crippen LogP contribution in [0.2, 0.25) is 5.02 Å². The number of halogens is 3. The van der Waals surface area contributed by atoms with Crippen molar-refractivity contribution >= 4 is 27.5 Å². The number of likely N-dealkylation sites (N-methyl/N-ethyl adjacent to an activating group) is 1. The molecule has 0 aromatic heterocycles. The minimum atomic E-state index is -0.212. The van der Waals surface area contributed by atoms with E-state index in [0.717, 1.165) is 10.2 Å². The molecule has 1 unspecified atom stereocenters. The molecule has 0 saturated carbocycles. The Morgan fingerprint density at radius 1 is 1.24 bits per heavy atom. The topological polar surface area (TPSA) is 21.3 Å². The van der Waals surface area contributed by atoms with Crippen molar-refractivity contribution in [1.29, 1.82) is 0 Å². The van der Waals surface area contributed by atoms with Gasteiger partial charge in [0.15, 0.2) is 0 Å². The first kappa shape index (κ1) is 16.3. The highest BCUT2D eigenvalue weighted by molar-refractivity contribution is 9.10. The van der Waals surface area contributed by atoms with Gasteiger partial charge in [-0.3, -0.25) is 0 Å². The molecule has 0 fully saturated rings. The van der Waals surface area contributed by atoms with Gasteiger partial charge in [-0.1, -0.05) is 33.6 Å². The molecule has 0 radical (unpaired) electrons. The zero-order valence-corrected chi connectivity index (χ0v) is 13.9. The van der Waals surface area contributed by atoms with Crippen LogP contribution in [0.3, 0.4) is 0 Å². The van der Waals surface area contributed by atoms with E-state index in [2.05, 4.69) is 21.2 Å². The van der Waals surface area contributed by atoms with Gasteiger partial charge in [0, 0.05) is 15.5 Å². The van der Waals surface area contributed by atoms with Crippen LogP contribution in [0, 0.1) is 5.82 Å². The van der Waals surface area contributed by atoms with Crippen LogP contribution >= 0.6 is 27.5 Å². The number of ether oxygens (including phenoxy) is 1. The molecule has 1 N–H and O–H groups in total. The summed E-state index contributed by atoms with van der Waals surface area (Å²) in [6.45, 7) is 0.452. The molecule has 2 aromatic carbocycles. The average Bonchev–Trinajstić information content (AvgIpc) is 2.47. The normalized spacial score (nSPS) is 12.2. The highest BCUT2D eigenvalue weighted by atomic mass is 79.9. The highest BCUT2D eigenvalue weighted by Gasteiger charge is 2.12. The van der Waals surface area contributed by atoms with E-state index in [1.54, 1.807) is 18.2 Å². The minimum absolute atomic E-state index is 0.0244. The standard InChI is InChI=1S/C16H16BrClFNO/c1-20-14(8-11-2-3-12(17)9-16(11)19)10-21-15-6-4-13(18)5-7-15/h2-7,9,14,20H,8,10H2,1H3. The zero-order valence-electron chi connectivity index (χ0n) is 11.6. The van der Waals surface area contributed by atoms with Gasteiger partial charge in [-0.15, -0.1) is 0 Å². The van der Waals surface area contributed by atoms with Crippen LogP contribution < -0.4 is 10.1 Å². The number of hydrogen-bond acceptors (Lipinski definition) is 2. The van der Waals surface area contributed by atoms with Crippen molar-refractivity contribution in [2.24, 2.45) is 0 Å². The first-order valence-electron chi connectivity index (χ1n) is 6.58. The van der Waals surface area contributed by atoms with Gasteiger partial charge >= 0.3 is 0 Å². The van der Waals surface area contributed by atoms with Gasteiger partial charge in [-0.2, -0.15) is 0 Å². The monoisotopic (exact) mass is 371 g/mol. The van der Waals surface area contributed by atoms with E-state index < -0.39 is 0 Å².